The second-order valence-corrected chi connectivity index (χ2v) is 7.66. The smallest absolute Gasteiger partial charge is 0.319 e. The van der Waals surface area contributed by atoms with Crippen LogP contribution < -0.4 is 10.6 Å². The molecule has 1 aliphatic heterocycles. The number of ether oxygens (including phenoxy) is 1. The molecule has 26 heavy (non-hydrogen) atoms. The highest BCUT2D eigenvalue weighted by Crippen LogP contribution is 2.33. The first kappa shape index (κ1) is 20.6. The van der Waals surface area contributed by atoms with Crippen molar-refractivity contribution in [3.05, 3.63) is 18.2 Å². The van der Waals surface area contributed by atoms with E-state index in [1.807, 2.05) is 6.92 Å². The van der Waals surface area contributed by atoms with Crippen LogP contribution in [0.15, 0.2) is 17.4 Å². The molecule has 1 aliphatic rings. The maximum Gasteiger partial charge on any atom is 0.319 e. The first-order chi connectivity index (χ1) is 12.3. The summed E-state index contributed by atoms with van der Waals surface area (Å²) in [6.07, 6.45) is 4.97. The van der Waals surface area contributed by atoms with E-state index in [9.17, 15) is 8.78 Å². The quantitative estimate of drug-likeness (QED) is 0.596. The van der Waals surface area contributed by atoms with Gasteiger partial charge in [0.15, 0.2) is 5.96 Å². The summed E-state index contributed by atoms with van der Waals surface area (Å²) >= 11 is 0. The van der Waals surface area contributed by atoms with E-state index in [2.05, 4.69) is 41.4 Å². The monoisotopic (exact) mass is 371 g/mol. The lowest BCUT2D eigenvalue weighted by molar-refractivity contribution is -0.0835. The van der Waals surface area contributed by atoms with Gasteiger partial charge in [-0.1, -0.05) is 20.8 Å². The minimum absolute atomic E-state index is 0.0737. The number of hydrogen-bond acceptors (Lipinski definition) is 3. The molecule has 0 aromatic carbocycles. The molecule has 2 rings (SSSR count). The largest absolute Gasteiger partial charge is 0.377 e. The molecule has 6 nitrogen and oxygen atoms in total. The fourth-order valence-corrected chi connectivity index (χ4v) is 3.37. The van der Waals surface area contributed by atoms with Crippen LogP contribution in [0.1, 0.15) is 52.9 Å². The van der Waals surface area contributed by atoms with Crippen LogP contribution >= 0.6 is 0 Å². The Morgan fingerprint density at radius 3 is 2.85 bits per heavy atom. The number of aromatic nitrogens is 2. The first-order valence-corrected chi connectivity index (χ1v) is 9.26. The number of rotatable bonds is 6. The van der Waals surface area contributed by atoms with Gasteiger partial charge in [-0.25, -0.2) is 9.98 Å². The Balaban J connectivity index is 1.99. The zero-order chi connectivity index (χ0) is 19.2. The number of halogens is 2. The van der Waals surface area contributed by atoms with E-state index in [0.29, 0.717) is 18.4 Å². The van der Waals surface area contributed by atoms with Crippen LogP contribution in [-0.4, -0.2) is 41.3 Å². The normalized spacial score (nSPS) is 21.9. The minimum Gasteiger partial charge on any atom is -0.377 e. The van der Waals surface area contributed by atoms with E-state index in [1.165, 1.54) is 12.4 Å². The predicted octanol–water partition coefficient (Wildman–Crippen LogP) is 3.17. The summed E-state index contributed by atoms with van der Waals surface area (Å²) in [4.78, 5) is 8.37. The van der Waals surface area contributed by atoms with Gasteiger partial charge in [0.25, 0.3) is 0 Å². The van der Waals surface area contributed by atoms with E-state index in [0.717, 1.165) is 30.6 Å². The summed E-state index contributed by atoms with van der Waals surface area (Å²) in [6.45, 7) is 8.28. The van der Waals surface area contributed by atoms with Gasteiger partial charge in [0, 0.05) is 38.0 Å². The fourth-order valence-electron chi connectivity index (χ4n) is 3.37. The average Bonchev–Trinajstić information content (AvgIpc) is 3.05. The Bertz CT molecular complexity index is 582. The standard InChI is InChI=1S/C18H31F2N5O/c1-5-21-17(24-12-14-22-8-9-25(14)16(19)20)23-11-13-7-6-10-26-15(13)18(2,3)4/h8-9,13,15-16H,5-7,10-12H2,1-4H3,(H2,21,23,24). The van der Waals surface area contributed by atoms with E-state index in [1.54, 1.807) is 0 Å². The average molecular weight is 371 g/mol. The van der Waals surface area contributed by atoms with Gasteiger partial charge in [-0.05, 0) is 25.2 Å². The van der Waals surface area contributed by atoms with Crippen molar-refractivity contribution in [2.75, 3.05) is 19.7 Å². The van der Waals surface area contributed by atoms with Gasteiger partial charge < -0.3 is 15.4 Å². The Morgan fingerprint density at radius 2 is 2.19 bits per heavy atom. The number of imidazole rings is 1. The molecule has 1 fully saturated rings. The third kappa shape index (κ3) is 5.65. The van der Waals surface area contributed by atoms with Crippen LogP contribution in [0.4, 0.5) is 8.78 Å². The number of nitrogens with one attached hydrogen (secondary N) is 2. The fraction of sp³-hybridized carbons (Fsp3) is 0.778. The molecular formula is C18H31F2N5O. The number of hydrogen-bond donors (Lipinski definition) is 2. The summed E-state index contributed by atoms with van der Waals surface area (Å²) in [5, 5.41) is 6.50. The minimum atomic E-state index is -2.61. The molecule has 0 amide bonds. The predicted molar refractivity (Wildman–Crippen MR) is 98.2 cm³/mol. The lowest BCUT2D eigenvalue weighted by Gasteiger charge is -2.40. The number of alkyl halides is 2. The number of guanidine groups is 1. The third-order valence-electron chi connectivity index (χ3n) is 4.51. The molecular weight excluding hydrogens is 340 g/mol. The third-order valence-corrected chi connectivity index (χ3v) is 4.51. The summed E-state index contributed by atoms with van der Waals surface area (Å²) in [5.74, 6) is 1.23. The van der Waals surface area contributed by atoms with E-state index >= 15 is 0 Å². The Morgan fingerprint density at radius 1 is 1.42 bits per heavy atom. The molecule has 0 spiro atoms. The SMILES string of the molecule is CCNC(=NCc1nccn1C(F)F)NCC1CCCOC1C(C)(C)C. The highest BCUT2D eigenvalue weighted by Gasteiger charge is 2.35. The van der Waals surface area contributed by atoms with Gasteiger partial charge in [0.1, 0.15) is 12.4 Å². The van der Waals surface area contributed by atoms with Gasteiger partial charge in [-0.3, -0.25) is 4.57 Å². The van der Waals surface area contributed by atoms with Crippen molar-refractivity contribution in [2.24, 2.45) is 16.3 Å². The summed E-state index contributed by atoms with van der Waals surface area (Å²) in [7, 11) is 0. The van der Waals surface area contributed by atoms with Crippen molar-refractivity contribution in [3.8, 4) is 0 Å². The van der Waals surface area contributed by atoms with E-state index in [4.69, 9.17) is 4.74 Å². The Kier molecular flexibility index (Phi) is 7.37. The van der Waals surface area contributed by atoms with Crippen LogP contribution in [0.2, 0.25) is 0 Å². The van der Waals surface area contributed by atoms with Crippen LogP contribution in [0.5, 0.6) is 0 Å². The van der Waals surface area contributed by atoms with E-state index < -0.39 is 6.55 Å². The molecule has 1 saturated heterocycles. The molecule has 8 heteroatoms. The second-order valence-electron chi connectivity index (χ2n) is 7.66. The lowest BCUT2D eigenvalue weighted by Crippen LogP contribution is -2.47. The van der Waals surface area contributed by atoms with Crippen molar-refractivity contribution in [2.45, 2.75) is 59.7 Å². The van der Waals surface area contributed by atoms with Crippen molar-refractivity contribution in [3.63, 3.8) is 0 Å². The Labute approximate surface area is 154 Å². The lowest BCUT2D eigenvalue weighted by atomic mass is 9.78. The van der Waals surface area contributed by atoms with Crippen molar-refractivity contribution >= 4 is 5.96 Å². The van der Waals surface area contributed by atoms with Gasteiger partial charge in [0.2, 0.25) is 0 Å². The van der Waals surface area contributed by atoms with E-state index in [-0.39, 0.29) is 23.9 Å². The highest BCUT2D eigenvalue weighted by molar-refractivity contribution is 5.79. The molecule has 0 aliphatic carbocycles. The summed E-state index contributed by atoms with van der Waals surface area (Å²) < 4.78 is 32.7. The highest BCUT2D eigenvalue weighted by atomic mass is 19.3. The molecule has 1 aromatic rings. The molecule has 2 heterocycles. The first-order valence-electron chi connectivity index (χ1n) is 9.26. The zero-order valence-corrected chi connectivity index (χ0v) is 16.1. The van der Waals surface area contributed by atoms with Gasteiger partial charge in [0.05, 0.1) is 6.10 Å². The van der Waals surface area contributed by atoms with Crippen LogP contribution in [0, 0.1) is 11.3 Å². The molecule has 0 saturated carbocycles. The zero-order valence-electron chi connectivity index (χ0n) is 16.1. The maximum absolute atomic E-state index is 12.9. The second kappa shape index (κ2) is 9.30. The Hall–Kier alpha value is -1.70. The molecule has 2 atom stereocenters. The molecule has 148 valence electrons. The summed E-state index contributed by atoms with van der Waals surface area (Å²) in [5.41, 5.74) is 0.0737. The van der Waals surface area contributed by atoms with Crippen molar-refractivity contribution in [1.29, 1.82) is 0 Å². The van der Waals surface area contributed by atoms with Gasteiger partial charge in [-0.2, -0.15) is 8.78 Å². The molecule has 1 aromatic heterocycles. The van der Waals surface area contributed by atoms with Gasteiger partial charge in [-0.15, -0.1) is 0 Å². The van der Waals surface area contributed by atoms with Crippen LogP contribution in [0.3, 0.4) is 0 Å². The van der Waals surface area contributed by atoms with Crippen LogP contribution in [-0.2, 0) is 11.3 Å². The maximum atomic E-state index is 12.9. The molecule has 2 unspecified atom stereocenters. The number of aliphatic imine (C=N–C) groups is 1. The molecule has 0 radical (unpaired) electrons. The molecule has 2 N–H and O–H groups in total. The number of nitrogens with zero attached hydrogens (tertiary/aromatic N) is 3. The topological polar surface area (TPSA) is 63.5 Å². The van der Waals surface area contributed by atoms with Crippen molar-refractivity contribution in [1.82, 2.24) is 20.2 Å². The van der Waals surface area contributed by atoms with Crippen LogP contribution in [0.25, 0.3) is 0 Å². The molecule has 0 bridgehead atoms. The van der Waals surface area contributed by atoms with Gasteiger partial charge >= 0.3 is 6.55 Å². The summed E-state index contributed by atoms with van der Waals surface area (Å²) in [6, 6.07) is 0. The van der Waals surface area contributed by atoms with Crippen molar-refractivity contribution < 1.29 is 13.5 Å².